The van der Waals surface area contributed by atoms with Crippen LogP contribution in [0.5, 0.6) is 0 Å². The SMILES string of the molecule is CCCCCC(C)NC(=O)C1CCCN1S(C)(=O)=O. The van der Waals surface area contributed by atoms with E-state index in [4.69, 9.17) is 0 Å². The molecule has 1 saturated heterocycles. The minimum absolute atomic E-state index is 0.112. The molecule has 0 aromatic carbocycles. The zero-order chi connectivity index (χ0) is 14.5. The number of unbranched alkanes of at least 4 members (excludes halogenated alkanes) is 2. The molecule has 0 aromatic heterocycles. The first-order chi connectivity index (χ1) is 8.86. The first-order valence-electron chi connectivity index (χ1n) is 7.13. The van der Waals surface area contributed by atoms with E-state index in [1.54, 1.807) is 0 Å². The van der Waals surface area contributed by atoms with Gasteiger partial charge in [-0.1, -0.05) is 26.2 Å². The molecule has 1 N–H and O–H groups in total. The number of rotatable bonds is 7. The lowest BCUT2D eigenvalue weighted by molar-refractivity contribution is -0.124. The highest BCUT2D eigenvalue weighted by molar-refractivity contribution is 7.88. The Hall–Kier alpha value is -0.620. The van der Waals surface area contributed by atoms with Crippen LogP contribution >= 0.6 is 0 Å². The Morgan fingerprint density at radius 2 is 2.11 bits per heavy atom. The van der Waals surface area contributed by atoms with E-state index in [9.17, 15) is 13.2 Å². The van der Waals surface area contributed by atoms with Gasteiger partial charge in [0.25, 0.3) is 0 Å². The number of amides is 1. The third-order valence-corrected chi connectivity index (χ3v) is 4.85. The summed E-state index contributed by atoms with van der Waals surface area (Å²) < 4.78 is 24.5. The smallest absolute Gasteiger partial charge is 0.238 e. The minimum Gasteiger partial charge on any atom is -0.352 e. The number of nitrogens with one attached hydrogen (secondary N) is 1. The predicted octanol–water partition coefficient (Wildman–Crippen LogP) is 1.50. The highest BCUT2D eigenvalue weighted by Crippen LogP contribution is 2.20. The monoisotopic (exact) mass is 290 g/mol. The van der Waals surface area contributed by atoms with Gasteiger partial charge in [-0.05, 0) is 26.2 Å². The fourth-order valence-electron chi connectivity index (χ4n) is 2.51. The second kappa shape index (κ2) is 7.24. The molecule has 0 aliphatic carbocycles. The number of sulfonamides is 1. The van der Waals surface area contributed by atoms with E-state index in [0.29, 0.717) is 13.0 Å². The van der Waals surface area contributed by atoms with E-state index in [1.807, 2.05) is 6.92 Å². The van der Waals surface area contributed by atoms with Gasteiger partial charge in [0, 0.05) is 12.6 Å². The Bertz CT molecular complexity index is 395. The maximum Gasteiger partial charge on any atom is 0.238 e. The number of hydrogen-bond acceptors (Lipinski definition) is 3. The van der Waals surface area contributed by atoms with Crippen molar-refractivity contribution in [1.29, 1.82) is 0 Å². The maximum absolute atomic E-state index is 12.1. The van der Waals surface area contributed by atoms with Crippen LogP contribution in [0, 0.1) is 0 Å². The normalized spacial score (nSPS) is 22.4. The van der Waals surface area contributed by atoms with Gasteiger partial charge in [-0.25, -0.2) is 8.42 Å². The van der Waals surface area contributed by atoms with Crippen molar-refractivity contribution in [3.8, 4) is 0 Å². The van der Waals surface area contributed by atoms with Gasteiger partial charge in [-0.3, -0.25) is 4.79 Å². The molecule has 112 valence electrons. The summed E-state index contributed by atoms with van der Waals surface area (Å²) in [5, 5.41) is 2.94. The van der Waals surface area contributed by atoms with Crippen molar-refractivity contribution < 1.29 is 13.2 Å². The van der Waals surface area contributed by atoms with Gasteiger partial charge in [0.05, 0.1) is 6.26 Å². The summed E-state index contributed by atoms with van der Waals surface area (Å²) in [5.74, 6) is -0.146. The summed E-state index contributed by atoms with van der Waals surface area (Å²) >= 11 is 0. The summed E-state index contributed by atoms with van der Waals surface area (Å²) in [6, 6.07) is -0.398. The van der Waals surface area contributed by atoms with Gasteiger partial charge >= 0.3 is 0 Å². The molecular formula is C13H26N2O3S. The van der Waals surface area contributed by atoms with Gasteiger partial charge < -0.3 is 5.32 Å². The molecule has 0 radical (unpaired) electrons. The zero-order valence-electron chi connectivity index (χ0n) is 12.2. The molecule has 0 aromatic rings. The lowest BCUT2D eigenvalue weighted by Crippen LogP contribution is -2.47. The largest absolute Gasteiger partial charge is 0.352 e. The third-order valence-electron chi connectivity index (χ3n) is 3.56. The predicted molar refractivity (Wildman–Crippen MR) is 76.3 cm³/mol. The number of hydrogen-bond donors (Lipinski definition) is 1. The average Bonchev–Trinajstić information content (AvgIpc) is 2.77. The fraction of sp³-hybridized carbons (Fsp3) is 0.923. The van der Waals surface area contributed by atoms with Crippen LogP contribution < -0.4 is 5.32 Å². The van der Waals surface area contributed by atoms with Crippen molar-refractivity contribution >= 4 is 15.9 Å². The van der Waals surface area contributed by atoms with Crippen LogP contribution in [-0.4, -0.2) is 43.5 Å². The second-order valence-electron chi connectivity index (χ2n) is 5.44. The molecule has 0 saturated carbocycles. The Balaban J connectivity index is 2.48. The van der Waals surface area contributed by atoms with Crippen molar-refractivity contribution in [3.63, 3.8) is 0 Å². The molecule has 1 aliphatic heterocycles. The van der Waals surface area contributed by atoms with Crippen molar-refractivity contribution in [2.75, 3.05) is 12.8 Å². The van der Waals surface area contributed by atoms with E-state index < -0.39 is 16.1 Å². The number of carbonyl (C=O) groups is 1. The Morgan fingerprint density at radius 1 is 1.42 bits per heavy atom. The molecule has 0 spiro atoms. The molecule has 2 atom stereocenters. The van der Waals surface area contributed by atoms with Crippen LogP contribution in [0.1, 0.15) is 52.4 Å². The van der Waals surface area contributed by atoms with E-state index in [2.05, 4.69) is 12.2 Å². The lowest BCUT2D eigenvalue weighted by atomic mass is 10.1. The second-order valence-corrected chi connectivity index (χ2v) is 7.37. The van der Waals surface area contributed by atoms with Gasteiger partial charge in [0.15, 0.2) is 0 Å². The Labute approximate surface area is 116 Å². The Kier molecular flexibility index (Phi) is 6.26. The number of carbonyl (C=O) groups excluding carboxylic acids is 1. The summed E-state index contributed by atoms with van der Waals surface area (Å²) in [6.45, 7) is 4.58. The quantitative estimate of drug-likeness (QED) is 0.723. The summed E-state index contributed by atoms with van der Waals surface area (Å²) in [5.41, 5.74) is 0. The van der Waals surface area contributed by atoms with Crippen LogP contribution in [-0.2, 0) is 14.8 Å². The maximum atomic E-state index is 12.1. The fourth-order valence-corrected chi connectivity index (χ4v) is 3.64. The molecule has 6 heteroatoms. The highest BCUT2D eigenvalue weighted by atomic mass is 32.2. The average molecular weight is 290 g/mol. The molecule has 1 heterocycles. The molecule has 1 aliphatic rings. The topological polar surface area (TPSA) is 66.5 Å². The summed E-state index contributed by atoms with van der Waals surface area (Å²) in [6.07, 6.45) is 6.92. The first-order valence-corrected chi connectivity index (χ1v) is 8.98. The van der Waals surface area contributed by atoms with Crippen LogP contribution in [0.15, 0.2) is 0 Å². The molecule has 1 rings (SSSR count). The van der Waals surface area contributed by atoms with E-state index in [0.717, 1.165) is 25.7 Å². The zero-order valence-corrected chi connectivity index (χ0v) is 13.0. The van der Waals surface area contributed by atoms with Gasteiger partial charge in [-0.15, -0.1) is 0 Å². The molecular weight excluding hydrogens is 264 g/mol. The summed E-state index contributed by atoms with van der Waals surface area (Å²) in [4.78, 5) is 12.1. The summed E-state index contributed by atoms with van der Waals surface area (Å²) in [7, 11) is -3.28. The highest BCUT2D eigenvalue weighted by Gasteiger charge is 2.36. The van der Waals surface area contributed by atoms with Crippen molar-refractivity contribution in [2.24, 2.45) is 0 Å². The van der Waals surface area contributed by atoms with Crippen LogP contribution in [0.25, 0.3) is 0 Å². The van der Waals surface area contributed by atoms with Gasteiger partial charge in [0.1, 0.15) is 6.04 Å². The standard InChI is InChI=1S/C13H26N2O3S/c1-4-5-6-8-11(2)14-13(16)12-9-7-10-15(12)19(3,17)18/h11-12H,4-10H2,1-3H3,(H,14,16). The van der Waals surface area contributed by atoms with E-state index >= 15 is 0 Å². The van der Waals surface area contributed by atoms with Crippen molar-refractivity contribution in [1.82, 2.24) is 9.62 Å². The van der Waals surface area contributed by atoms with Crippen LogP contribution in [0.2, 0.25) is 0 Å². The van der Waals surface area contributed by atoms with Crippen LogP contribution in [0.4, 0.5) is 0 Å². The van der Waals surface area contributed by atoms with Gasteiger partial charge in [0.2, 0.25) is 15.9 Å². The third kappa shape index (κ3) is 5.10. The number of nitrogens with zero attached hydrogens (tertiary/aromatic N) is 1. The molecule has 0 bridgehead atoms. The van der Waals surface area contributed by atoms with Crippen molar-refractivity contribution in [2.45, 2.75) is 64.5 Å². The first kappa shape index (κ1) is 16.4. The van der Waals surface area contributed by atoms with Gasteiger partial charge in [-0.2, -0.15) is 4.31 Å². The van der Waals surface area contributed by atoms with E-state index in [1.165, 1.54) is 17.0 Å². The van der Waals surface area contributed by atoms with Crippen molar-refractivity contribution in [3.05, 3.63) is 0 Å². The molecule has 1 amide bonds. The molecule has 1 fully saturated rings. The van der Waals surface area contributed by atoms with E-state index in [-0.39, 0.29) is 11.9 Å². The lowest BCUT2D eigenvalue weighted by Gasteiger charge is -2.23. The minimum atomic E-state index is -3.28. The Morgan fingerprint density at radius 3 is 2.68 bits per heavy atom. The molecule has 19 heavy (non-hydrogen) atoms. The molecule has 5 nitrogen and oxygen atoms in total. The van der Waals surface area contributed by atoms with Crippen LogP contribution in [0.3, 0.4) is 0 Å². The molecule has 2 unspecified atom stereocenters.